The van der Waals surface area contributed by atoms with Gasteiger partial charge in [0.2, 0.25) is 0 Å². The molecule has 1 saturated carbocycles. The standard InChI is InChI=1S/C15H24ClN3S/c16-12-9-15(20-11-12)14(10-17)19-7-5-18(6-8-19)13-3-1-2-4-13/h9,11,13-14H,1-8,10,17H2. The maximum absolute atomic E-state index is 6.05. The van der Waals surface area contributed by atoms with E-state index >= 15 is 0 Å². The molecule has 0 amide bonds. The summed E-state index contributed by atoms with van der Waals surface area (Å²) < 4.78 is 0. The lowest BCUT2D eigenvalue weighted by molar-refractivity contribution is 0.0732. The number of halogens is 1. The lowest BCUT2D eigenvalue weighted by Crippen LogP contribution is -2.51. The van der Waals surface area contributed by atoms with Crippen LogP contribution in [0.1, 0.15) is 36.6 Å². The highest BCUT2D eigenvalue weighted by molar-refractivity contribution is 7.10. The third-order valence-corrected chi connectivity index (χ3v) is 6.15. The lowest BCUT2D eigenvalue weighted by Gasteiger charge is -2.41. The quantitative estimate of drug-likeness (QED) is 0.927. The first-order valence-electron chi connectivity index (χ1n) is 7.70. The van der Waals surface area contributed by atoms with Crippen molar-refractivity contribution in [3.05, 3.63) is 21.3 Å². The van der Waals surface area contributed by atoms with E-state index in [0.717, 1.165) is 24.2 Å². The fourth-order valence-electron chi connectivity index (χ4n) is 3.63. The van der Waals surface area contributed by atoms with E-state index in [1.807, 2.05) is 5.38 Å². The summed E-state index contributed by atoms with van der Waals surface area (Å²) in [4.78, 5) is 6.54. The molecule has 1 atom stereocenters. The van der Waals surface area contributed by atoms with Gasteiger partial charge in [-0.2, -0.15) is 0 Å². The second-order valence-electron chi connectivity index (χ2n) is 5.93. The Hall–Kier alpha value is -0.130. The number of hydrogen-bond donors (Lipinski definition) is 1. The normalized spacial score (nSPS) is 24.3. The monoisotopic (exact) mass is 313 g/mol. The summed E-state index contributed by atoms with van der Waals surface area (Å²) in [6.45, 7) is 5.34. The maximum Gasteiger partial charge on any atom is 0.0565 e. The van der Waals surface area contributed by atoms with Gasteiger partial charge in [0, 0.05) is 49.0 Å². The predicted molar refractivity (Wildman–Crippen MR) is 86.5 cm³/mol. The molecule has 1 aliphatic carbocycles. The summed E-state index contributed by atoms with van der Waals surface area (Å²) in [5.41, 5.74) is 6.01. The Kier molecular flexibility index (Phi) is 5.00. The van der Waals surface area contributed by atoms with E-state index in [1.54, 1.807) is 11.3 Å². The summed E-state index contributed by atoms with van der Waals surface area (Å²) in [6, 6.07) is 3.27. The van der Waals surface area contributed by atoms with Crippen LogP contribution in [0.15, 0.2) is 11.4 Å². The van der Waals surface area contributed by atoms with E-state index < -0.39 is 0 Å². The van der Waals surface area contributed by atoms with Gasteiger partial charge in [-0.25, -0.2) is 0 Å². The minimum atomic E-state index is 0.346. The molecule has 0 bridgehead atoms. The number of nitrogens with zero attached hydrogens (tertiary/aromatic N) is 2. The molecule has 1 saturated heterocycles. The van der Waals surface area contributed by atoms with Gasteiger partial charge in [0.25, 0.3) is 0 Å². The Labute approximate surface area is 130 Å². The van der Waals surface area contributed by atoms with Crippen LogP contribution in [0.5, 0.6) is 0 Å². The van der Waals surface area contributed by atoms with Crippen LogP contribution in [0.2, 0.25) is 5.02 Å². The molecular formula is C15H24ClN3S. The summed E-state index contributed by atoms with van der Waals surface area (Å²) in [5, 5.41) is 2.85. The van der Waals surface area contributed by atoms with Crippen LogP contribution in [0, 0.1) is 0 Å². The Morgan fingerprint density at radius 1 is 1.25 bits per heavy atom. The minimum absolute atomic E-state index is 0.346. The van der Waals surface area contributed by atoms with Crippen LogP contribution in [0.3, 0.4) is 0 Å². The van der Waals surface area contributed by atoms with Crippen molar-refractivity contribution in [3.63, 3.8) is 0 Å². The fourth-order valence-corrected chi connectivity index (χ4v) is 4.86. The predicted octanol–water partition coefficient (Wildman–Crippen LogP) is 2.96. The smallest absolute Gasteiger partial charge is 0.0565 e. The van der Waals surface area contributed by atoms with E-state index in [4.69, 9.17) is 17.3 Å². The zero-order valence-electron chi connectivity index (χ0n) is 11.9. The highest BCUT2D eigenvalue weighted by Crippen LogP contribution is 2.30. The minimum Gasteiger partial charge on any atom is -0.329 e. The maximum atomic E-state index is 6.05. The summed E-state index contributed by atoms with van der Waals surface area (Å²) >= 11 is 7.79. The van der Waals surface area contributed by atoms with Gasteiger partial charge < -0.3 is 5.73 Å². The molecule has 2 heterocycles. The number of hydrogen-bond acceptors (Lipinski definition) is 4. The third-order valence-electron chi connectivity index (χ3n) is 4.77. The van der Waals surface area contributed by atoms with Gasteiger partial charge in [-0.1, -0.05) is 24.4 Å². The molecule has 2 fully saturated rings. The first-order chi connectivity index (χ1) is 9.78. The van der Waals surface area contributed by atoms with Gasteiger partial charge in [-0.05, 0) is 18.9 Å². The fraction of sp³-hybridized carbons (Fsp3) is 0.733. The average molecular weight is 314 g/mol. The molecule has 5 heteroatoms. The van der Waals surface area contributed by atoms with Crippen LogP contribution < -0.4 is 5.73 Å². The first kappa shape index (κ1) is 14.8. The highest BCUT2D eigenvalue weighted by Gasteiger charge is 2.29. The first-order valence-corrected chi connectivity index (χ1v) is 8.96. The van der Waals surface area contributed by atoms with Crippen molar-refractivity contribution in [2.45, 2.75) is 37.8 Å². The van der Waals surface area contributed by atoms with E-state index in [2.05, 4.69) is 15.9 Å². The van der Waals surface area contributed by atoms with Crippen LogP contribution in [-0.2, 0) is 0 Å². The Bertz CT molecular complexity index is 423. The Balaban J connectivity index is 1.58. The zero-order valence-corrected chi connectivity index (χ0v) is 13.5. The second kappa shape index (κ2) is 6.75. The third kappa shape index (κ3) is 3.20. The molecule has 0 spiro atoms. The molecule has 0 radical (unpaired) electrons. The number of nitrogens with two attached hydrogens (primary N) is 1. The molecule has 3 rings (SSSR count). The van der Waals surface area contributed by atoms with Crippen molar-refractivity contribution in [1.29, 1.82) is 0 Å². The van der Waals surface area contributed by atoms with Crippen LogP contribution in [-0.4, -0.2) is 48.6 Å². The average Bonchev–Trinajstić information content (AvgIpc) is 3.12. The van der Waals surface area contributed by atoms with E-state index in [9.17, 15) is 0 Å². The van der Waals surface area contributed by atoms with Gasteiger partial charge in [0.05, 0.1) is 11.1 Å². The lowest BCUT2D eigenvalue weighted by atomic mass is 10.1. The molecule has 0 aromatic carbocycles. The molecule has 2 aliphatic rings. The van der Waals surface area contributed by atoms with Crippen LogP contribution in [0.25, 0.3) is 0 Å². The van der Waals surface area contributed by atoms with Crippen molar-refractivity contribution < 1.29 is 0 Å². The number of thiophene rings is 1. The Morgan fingerprint density at radius 3 is 2.50 bits per heavy atom. The zero-order chi connectivity index (χ0) is 13.9. The van der Waals surface area contributed by atoms with Crippen molar-refractivity contribution in [2.24, 2.45) is 5.73 Å². The van der Waals surface area contributed by atoms with E-state index in [1.165, 1.54) is 43.6 Å². The molecule has 1 aliphatic heterocycles. The topological polar surface area (TPSA) is 32.5 Å². The van der Waals surface area contributed by atoms with Crippen molar-refractivity contribution in [3.8, 4) is 0 Å². The molecule has 20 heavy (non-hydrogen) atoms. The van der Waals surface area contributed by atoms with Gasteiger partial charge in [-0.15, -0.1) is 11.3 Å². The molecule has 1 aromatic rings. The van der Waals surface area contributed by atoms with Crippen molar-refractivity contribution >= 4 is 22.9 Å². The Morgan fingerprint density at radius 2 is 1.95 bits per heavy atom. The second-order valence-corrected chi connectivity index (χ2v) is 7.31. The van der Waals surface area contributed by atoms with Crippen molar-refractivity contribution in [1.82, 2.24) is 9.80 Å². The summed E-state index contributed by atoms with van der Waals surface area (Å²) in [7, 11) is 0. The number of piperazine rings is 1. The summed E-state index contributed by atoms with van der Waals surface area (Å²) in [6.07, 6.45) is 5.65. The molecule has 3 nitrogen and oxygen atoms in total. The number of rotatable bonds is 4. The van der Waals surface area contributed by atoms with Gasteiger partial charge in [0.1, 0.15) is 0 Å². The van der Waals surface area contributed by atoms with Gasteiger partial charge >= 0.3 is 0 Å². The van der Waals surface area contributed by atoms with E-state index in [0.29, 0.717) is 12.6 Å². The highest BCUT2D eigenvalue weighted by atomic mass is 35.5. The van der Waals surface area contributed by atoms with Crippen LogP contribution in [0.4, 0.5) is 0 Å². The van der Waals surface area contributed by atoms with E-state index in [-0.39, 0.29) is 0 Å². The molecule has 1 aromatic heterocycles. The molecule has 1 unspecified atom stereocenters. The van der Waals surface area contributed by atoms with Crippen molar-refractivity contribution in [2.75, 3.05) is 32.7 Å². The molecular weight excluding hydrogens is 290 g/mol. The largest absolute Gasteiger partial charge is 0.329 e. The van der Waals surface area contributed by atoms with Gasteiger partial charge in [0.15, 0.2) is 0 Å². The molecule has 112 valence electrons. The SMILES string of the molecule is NCC(c1cc(Cl)cs1)N1CCN(C2CCCC2)CC1. The summed E-state index contributed by atoms with van der Waals surface area (Å²) in [5.74, 6) is 0. The van der Waals surface area contributed by atoms with Crippen LogP contribution >= 0.6 is 22.9 Å². The van der Waals surface area contributed by atoms with Gasteiger partial charge in [-0.3, -0.25) is 9.80 Å². The molecule has 2 N–H and O–H groups in total.